The number of hydrogen-bond donors (Lipinski definition) is 1. The summed E-state index contributed by atoms with van der Waals surface area (Å²) in [6.45, 7) is 2.74. The average molecular weight is 349 g/mol. The number of rotatable bonds is 6. The number of urea groups is 1. The molecule has 0 bridgehead atoms. The lowest BCUT2D eigenvalue weighted by Gasteiger charge is -2.39. The van der Waals surface area contributed by atoms with E-state index in [9.17, 15) is 4.79 Å². The molecule has 1 aromatic heterocycles. The molecule has 1 N–H and O–H groups in total. The summed E-state index contributed by atoms with van der Waals surface area (Å²) in [5.74, 6) is 0.458. The maximum atomic E-state index is 12.2. The molecular formula is C17H21ClN4O2. The van der Waals surface area contributed by atoms with Crippen molar-refractivity contribution in [2.45, 2.75) is 13.0 Å². The van der Waals surface area contributed by atoms with E-state index in [1.807, 2.05) is 24.3 Å². The van der Waals surface area contributed by atoms with Gasteiger partial charge in [-0.3, -0.25) is 4.68 Å². The van der Waals surface area contributed by atoms with E-state index >= 15 is 0 Å². The van der Waals surface area contributed by atoms with Crippen LogP contribution in [0.25, 0.3) is 0 Å². The number of carbonyl (C=O) groups excluding carboxylic acids is 1. The lowest BCUT2D eigenvalue weighted by molar-refractivity contribution is 0.131. The molecule has 2 aromatic rings. The van der Waals surface area contributed by atoms with E-state index in [1.165, 1.54) is 0 Å². The number of ether oxygens (including phenoxy) is 1. The number of anilines is 1. The minimum atomic E-state index is -0.0864. The Morgan fingerprint density at radius 2 is 2.21 bits per heavy atom. The van der Waals surface area contributed by atoms with Crippen LogP contribution in [0.2, 0.25) is 5.02 Å². The van der Waals surface area contributed by atoms with Crippen LogP contribution in [0.1, 0.15) is 5.56 Å². The van der Waals surface area contributed by atoms with Crippen molar-refractivity contribution in [2.75, 3.05) is 32.1 Å². The van der Waals surface area contributed by atoms with Gasteiger partial charge in [-0.1, -0.05) is 29.8 Å². The minimum absolute atomic E-state index is 0.0864. The number of carbonyl (C=O) groups is 1. The molecule has 2 heterocycles. The molecule has 1 aromatic carbocycles. The van der Waals surface area contributed by atoms with Crippen LogP contribution in [-0.4, -0.2) is 47.5 Å². The van der Waals surface area contributed by atoms with Crippen molar-refractivity contribution < 1.29 is 9.53 Å². The highest BCUT2D eigenvalue weighted by Gasteiger charge is 2.31. The van der Waals surface area contributed by atoms with Crippen molar-refractivity contribution in [3.8, 4) is 0 Å². The summed E-state index contributed by atoms with van der Waals surface area (Å²) in [4.78, 5) is 14.0. The summed E-state index contributed by atoms with van der Waals surface area (Å²) >= 11 is 6.18. The molecule has 0 unspecified atom stereocenters. The Hall–Kier alpha value is -2.05. The molecule has 0 saturated carbocycles. The molecule has 3 rings (SSSR count). The van der Waals surface area contributed by atoms with E-state index in [0.717, 1.165) is 30.1 Å². The second-order valence-electron chi connectivity index (χ2n) is 5.98. The smallest absolute Gasteiger partial charge is 0.321 e. The Morgan fingerprint density at radius 3 is 2.96 bits per heavy atom. The topological polar surface area (TPSA) is 59.4 Å². The second kappa shape index (κ2) is 7.68. The Kier molecular flexibility index (Phi) is 5.37. The first-order chi connectivity index (χ1) is 11.7. The van der Waals surface area contributed by atoms with Crippen LogP contribution < -0.4 is 5.32 Å². The molecule has 1 fully saturated rings. The molecule has 6 nitrogen and oxygen atoms in total. The number of nitrogens with one attached hydrogen (secondary N) is 1. The van der Waals surface area contributed by atoms with Gasteiger partial charge >= 0.3 is 6.03 Å². The number of amides is 2. The van der Waals surface area contributed by atoms with Gasteiger partial charge in [0, 0.05) is 31.4 Å². The van der Waals surface area contributed by atoms with Gasteiger partial charge in [0.05, 0.1) is 25.0 Å². The van der Waals surface area contributed by atoms with Gasteiger partial charge in [-0.15, -0.1) is 0 Å². The zero-order valence-electron chi connectivity index (χ0n) is 13.6. The molecular weight excluding hydrogens is 328 g/mol. The lowest BCUT2D eigenvalue weighted by Crippen LogP contribution is -2.52. The summed E-state index contributed by atoms with van der Waals surface area (Å²) in [5, 5.41) is 7.85. The van der Waals surface area contributed by atoms with Gasteiger partial charge in [0.2, 0.25) is 0 Å². The van der Waals surface area contributed by atoms with Gasteiger partial charge in [-0.05, 0) is 24.0 Å². The van der Waals surface area contributed by atoms with Crippen LogP contribution in [0.4, 0.5) is 10.5 Å². The van der Waals surface area contributed by atoms with E-state index in [-0.39, 0.29) is 6.03 Å². The number of benzene rings is 1. The Labute approximate surface area is 146 Å². The number of hydrogen-bond acceptors (Lipinski definition) is 3. The summed E-state index contributed by atoms with van der Waals surface area (Å²) in [6, 6.07) is 7.78. The molecule has 0 spiro atoms. The molecule has 1 saturated heterocycles. The van der Waals surface area contributed by atoms with Gasteiger partial charge in [-0.2, -0.15) is 5.10 Å². The van der Waals surface area contributed by atoms with Crippen molar-refractivity contribution in [1.29, 1.82) is 0 Å². The summed E-state index contributed by atoms with van der Waals surface area (Å²) < 4.78 is 6.75. The average Bonchev–Trinajstić information content (AvgIpc) is 2.97. The first-order valence-corrected chi connectivity index (χ1v) is 8.34. The van der Waals surface area contributed by atoms with Gasteiger partial charge in [0.25, 0.3) is 0 Å². The minimum Gasteiger partial charge on any atom is -0.383 e. The second-order valence-corrected chi connectivity index (χ2v) is 6.39. The highest BCUT2D eigenvalue weighted by Crippen LogP contribution is 2.25. The first-order valence-electron chi connectivity index (χ1n) is 7.96. The predicted molar refractivity (Wildman–Crippen MR) is 93.3 cm³/mol. The van der Waals surface area contributed by atoms with Crippen LogP contribution in [0.5, 0.6) is 0 Å². The maximum absolute atomic E-state index is 12.2. The van der Waals surface area contributed by atoms with Gasteiger partial charge in [-0.25, -0.2) is 4.79 Å². The Morgan fingerprint density at radius 1 is 1.42 bits per heavy atom. The summed E-state index contributed by atoms with van der Waals surface area (Å²) in [7, 11) is 1.65. The first kappa shape index (κ1) is 16.8. The number of likely N-dealkylation sites (tertiary alicyclic amines) is 1. The highest BCUT2D eigenvalue weighted by molar-refractivity contribution is 6.31. The van der Waals surface area contributed by atoms with Crippen LogP contribution >= 0.6 is 11.6 Å². The lowest BCUT2D eigenvalue weighted by atomic mass is 9.92. The largest absolute Gasteiger partial charge is 0.383 e. The maximum Gasteiger partial charge on any atom is 0.321 e. The molecule has 1 aliphatic rings. The van der Waals surface area contributed by atoms with E-state index in [2.05, 4.69) is 10.4 Å². The zero-order chi connectivity index (χ0) is 16.9. The third-order valence-electron chi connectivity index (χ3n) is 4.12. The van der Waals surface area contributed by atoms with Crippen molar-refractivity contribution in [2.24, 2.45) is 5.92 Å². The third kappa shape index (κ3) is 4.07. The van der Waals surface area contributed by atoms with Crippen LogP contribution in [0.3, 0.4) is 0 Å². The van der Waals surface area contributed by atoms with Crippen molar-refractivity contribution in [3.05, 3.63) is 47.2 Å². The SMILES string of the molecule is COCCn1cc(NC(=O)N2CC(Cc3ccccc3Cl)C2)cn1. The molecule has 0 atom stereocenters. The normalized spacial score (nSPS) is 14.5. The van der Waals surface area contributed by atoms with E-state index in [1.54, 1.807) is 29.1 Å². The molecule has 24 heavy (non-hydrogen) atoms. The number of aromatic nitrogens is 2. The third-order valence-corrected chi connectivity index (χ3v) is 4.49. The number of methoxy groups -OCH3 is 1. The number of nitrogens with zero attached hydrogens (tertiary/aromatic N) is 3. The van der Waals surface area contributed by atoms with E-state index in [4.69, 9.17) is 16.3 Å². The van der Waals surface area contributed by atoms with Crippen LogP contribution in [0, 0.1) is 5.92 Å². The molecule has 1 aliphatic heterocycles. The predicted octanol–water partition coefficient (Wildman–Crippen LogP) is 2.89. The summed E-state index contributed by atoms with van der Waals surface area (Å²) in [5.41, 5.74) is 1.84. The molecule has 0 radical (unpaired) electrons. The van der Waals surface area contributed by atoms with Crippen molar-refractivity contribution in [3.63, 3.8) is 0 Å². The van der Waals surface area contributed by atoms with E-state index in [0.29, 0.717) is 24.8 Å². The zero-order valence-corrected chi connectivity index (χ0v) is 14.4. The standard InChI is InChI=1S/C17H21ClN4O2/c1-24-7-6-22-12-15(9-19-22)20-17(23)21-10-13(11-21)8-14-4-2-3-5-16(14)18/h2-5,9,12-13H,6-8,10-11H2,1H3,(H,20,23). The highest BCUT2D eigenvalue weighted by atomic mass is 35.5. The van der Waals surface area contributed by atoms with Crippen molar-refractivity contribution >= 4 is 23.3 Å². The fraction of sp³-hybridized carbons (Fsp3) is 0.412. The van der Waals surface area contributed by atoms with E-state index < -0.39 is 0 Å². The quantitative estimate of drug-likeness (QED) is 0.873. The van der Waals surface area contributed by atoms with Crippen LogP contribution in [-0.2, 0) is 17.7 Å². The fourth-order valence-corrected chi connectivity index (χ4v) is 2.99. The molecule has 2 amide bonds. The summed E-state index contributed by atoms with van der Waals surface area (Å²) in [6.07, 6.45) is 4.35. The van der Waals surface area contributed by atoms with Crippen LogP contribution in [0.15, 0.2) is 36.7 Å². The number of halogens is 1. The van der Waals surface area contributed by atoms with Gasteiger partial charge in [0.1, 0.15) is 0 Å². The molecule has 128 valence electrons. The van der Waals surface area contributed by atoms with Gasteiger partial charge < -0.3 is 15.0 Å². The monoisotopic (exact) mass is 348 g/mol. The Bertz CT molecular complexity index is 697. The fourth-order valence-electron chi connectivity index (χ4n) is 2.78. The molecule has 0 aliphatic carbocycles. The van der Waals surface area contributed by atoms with Crippen molar-refractivity contribution in [1.82, 2.24) is 14.7 Å². The van der Waals surface area contributed by atoms with Gasteiger partial charge in [0.15, 0.2) is 0 Å². The Balaban J connectivity index is 1.45. The molecule has 7 heteroatoms.